The second-order valence-corrected chi connectivity index (χ2v) is 6.47. The zero-order valence-electron chi connectivity index (χ0n) is 14.2. The number of halogens is 6. The average Bonchev–Trinajstić information content (AvgIpc) is 2.98. The van der Waals surface area contributed by atoms with Gasteiger partial charge in [-0.05, 0) is 53.8 Å². The van der Waals surface area contributed by atoms with Crippen LogP contribution in [0.1, 0.15) is 45.1 Å². The number of alkyl halides is 6. The van der Waals surface area contributed by atoms with Gasteiger partial charge in [-0.25, -0.2) is 0 Å². The number of aliphatic hydroxyl groups is 1. The van der Waals surface area contributed by atoms with E-state index in [1.54, 1.807) is 0 Å². The summed E-state index contributed by atoms with van der Waals surface area (Å²) in [7, 11) is 0. The van der Waals surface area contributed by atoms with E-state index in [4.69, 9.17) is 0 Å². The van der Waals surface area contributed by atoms with Gasteiger partial charge in [0.15, 0.2) is 5.78 Å². The number of aryl methyl sites for hydroxylation is 1. The minimum absolute atomic E-state index is 0.0263. The van der Waals surface area contributed by atoms with Crippen molar-refractivity contribution in [1.29, 1.82) is 0 Å². The highest BCUT2D eigenvalue weighted by atomic mass is 19.4. The highest BCUT2D eigenvalue weighted by molar-refractivity contribution is 6.09. The Balaban J connectivity index is 2.01. The maximum atomic E-state index is 13.4. The maximum absolute atomic E-state index is 13.4. The Bertz CT molecular complexity index is 940. The van der Waals surface area contributed by atoms with E-state index in [0.717, 1.165) is 12.1 Å². The van der Waals surface area contributed by atoms with Crippen LogP contribution in [0.5, 0.6) is 0 Å². The number of hydrogen-bond donors (Lipinski definition) is 1. The Kier molecular flexibility index (Phi) is 5.10. The van der Waals surface area contributed by atoms with E-state index >= 15 is 0 Å². The predicted molar refractivity (Wildman–Crippen MR) is 89.5 cm³/mol. The van der Waals surface area contributed by atoms with Crippen molar-refractivity contribution in [3.8, 4) is 0 Å². The molecule has 28 heavy (non-hydrogen) atoms. The van der Waals surface area contributed by atoms with Crippen LogP contribution in [0.2, 0.25) is 0 Å². The van der Waals surface area contributed by atoms with Gasteiger partial charge in [0.05, 0.1) is 17.2 Å². The van der Waals surface area contributed by atoms with E-state index in [2.05, 4.69) is 0 Å². The zero-order valence-corrected chi connectivity index (χ0v) is 14.2. The van der Waals surface area contributed by atoms with Gasteiger partial charge in [-0.15, -0.1) is 0 Å². The van der Waals surface area contributed by atoms with Crippen LogP contribution in [0.25, 0.3) is 5.57 Å². The first-order valence-corrected chi connectivity index (χ1v) is 8.28. The molecule has 1 N–H and O–H groups in total. The Morgan fingerprint density at radius 1 is 1.00 bits per heavy atom. The van der Waals surface area contributed by atoms with Crippen molar-refractivity contribution in [2.75, 3.05) is 0 Å². The van der Waals surface area contributed by atoms with Crippen molar-refractivity contribution in [3.63, 3.8) is 0 Å². The molecule has 0 amide bonds. The van der Waals surface area contributed by atoms with E-state index in [1.807, 2.05) is 0 Å². The number of fused-ring (bicyclic) bond motifs is 1. The smallest absolute Gasteiger partial charge is 0.388 e. The molecular formula is C20H14F6O2. The Morgan fingerprint density at radius 2 is 1.71 bits per heavy atom. The summed E-state index contributed by atoms with van der Waals surface area (Å²) in [4.78, 5) is 12.4. The lowest BCUT2D eigenvalue weighted by Gasteiger charge is -2.14. The molecule has 2 aromatic carbocycles. The number of hydrogen-bond acceptors (Lipinski definition) is 2. The summed E-state index contributed by atoms with van der Waals surface area (Å²) in [6.45, 7) is 0. The lowest BCUT2D eigenvalue weighted by atomic mass is 9.98. The van der Waals surface area contributed by atoms with Gasteiger partial charge >= 0.3 is 12.4 Å². The quantitative estimate of drug-likeness (QED) is 0.419. The number of carbonyl (C=O) groups excluding carboxylic acids is 1. The lowest BCUT2D eigenvalue weighted by molar-refractivity contribution is -0.137. The topological polar surface area (TPSA) is 37.3 Å². The molecule has 2 aromatic rings. The molecule has 0 saturated carbocycles. The second kappa shape index (κ2) is 7.09. The fraction of sp³-hybridized carbons (Fsp3) is 0.250. The first-order valence-electron chi connectivity index (χ1n) is 8.28. The summed E-state index contributed by atoms with van der Waals surface area (Å²) in [5, 5.41) is 9.77. The lowest BCUT2D eigenvalue weighted by Crippen LogP contribution is -2.14. The first-order chi connectivity index (χ1) is 13.0. The molecule has 3 rings (SSSR count). The molecular weight excluding hydrogens is 386 g/mol. The van der Waals surface area contributed by atoms with Crippen LogP contribution in [0.15, 0.2) is 48.5 Å². The largest absolute Gasteiger partial charge is 0.417 e. The van der Waals surface area contributed by atoms with Crippen LogP contribution < -0.4 is 0 Å². The molecule has 0 saturated heterocycles. The van der Waals surface area contributed by atoms with E-state index in [9.17, 15) is 36.2 Å². The molecule has 0 heterocycles. The van der Waals surface area contributed by atoms with Crippen LogP contribution in [0.3, 0.4) is 0 Å². The van der Waals surface area contributed by atoms with Gasteiger partial charge in [0.25, 0.3) is 0 Å². The fourth-order valence-electron chi connectivity index (χ4n) is 3.15. The summed E-state index contributed by atoms with van der Waals surface area (Å²) < 4.78 is 78.8. The van der Waals surface area contributed by atoms with Gasteiger partial charge in [0, 0.05) is 5.56 Å². The Morgan fingerprint density at radius 3 is 2.36 bits per heavy atom. The third-order valence-electron chi connectivity index (χ3n) is 4.56. The van der Waals surface area contributed by atoms with Gasteiger partial charge < -0.3 is 5.11 Å². The van der Waals surface area contributed by atoms with Crippen LogP contribution in [-0.4, -0.2) is 17.1 Å². The van der Waals surface area contributed by atoms with Gasteiger partial charge in [0.1, 0.15) is 0 Å². The molecule has 0 spiro atoms. The van der Waals surface area contributed by atoms with Gasteiger partial charge in [-0.3, -0.25) is 4.79 Å². The van der Waals surface area contributed by atoms with Crippen molar-refractivity contribution in [2.45, 2.75) is 31.3 Å². The average molecular weight is 400 g/mol. The summed E-state index contributed by atoms with van der Waals surface area (Å²) >= 11 is 0. The number of aliphatic hydroxyl groups excluding tert-OH is 1. The van der Waals surface area contributed by atoms with Gasteiger partial charge in [-0.1, -0.05) is 24.3 Å². The molecule has 1 atom stereocenters. The van der Waals surface area contributed by atoms with Gasteiger partial charge in [0.2, 0.25) is 0 Å². The molecule has 0 bridgehead atoms. The van der Waals surface area contributed by atoms with Crippen molar-refractivity contribution in [2.24, 2.45) is 0 Å². The van der Waals surface area contributed by atoms with Crippen molar-refractivity contribution >= 4 is 11.4 Å². The van der Waals surface area contributed by atoms with Crippen LogP contribution in [0, 0.1) is 0 Å². The molecule has 2 nitrogen and oxygen atoms in total. The molecule has 148 valence electrons. The molecule has 1 unspecified atom stereocenters. The van der Waals surface area contributed by atoms with Crippen LogP contribution in [0.4, 0.5) is 26.3 Å². The monoisotopic (exact) mass is 400 g/mol. The van der Waals surface area contributed by atoms with Crippen molar-refractivity contribution in [1.82, 2.24) is 0 Å². The minimum atomic E-state index is -5.02. The van der Waals surface area contributed by atoms with E-state index in [-0.39, 0.29) is 5.56 Å². The zero-order chi connectivity index (χ0) is 20.7. The van der Waals surface area contributed by atoms with Crippen molar-refractivity contribution < 1.29 is 36.2 Å². The van der Waals surface area contributed by atoms with E-state index in [1.165, 1.54) is 18.2 Å². The molecule has 8 heteroatoms. The minimum Gasteiger partial charge on any atom is -0.388 e. The molecule has 1 aliphatic carbocycles. The summed E-state index contributed by atoms with van der Waals surface area (Å²) in [6, 6.07) is 6.94. The highest BCUT2D eigenvalue weighted by Gasteiger charge is 2.37. The molecule has 1 aliphatic rings. The number of ketones is 1. The highest BCUT2D eigenvalue weighted by Crippen LogP contribution is 2.38. The first kappa shape index (κ1) is 20.1. The summed E-state index contributed by atoms with van der Waals surface area (Å²) in [5.41, 5.74) is -2.18. The normalized spacial score (nSPS) is 17.5. The predicted octanol–water partition coefficient (Wildman–Crippen LogP) is 5.51. The molecule has 0 aliphatic heterocycles. The third kappa shape index (κ3) is 4.11. The summed E-state index contributed by atoms with van der Waals surface area (Å²) in [6.07, 6.45) is -9.25. The maximum Gasteiger partial charge on any atom is 0.417 e. The van der Waals surface area contributed by atoms with Crippen LogP contribution in [-0.2, 0) is 12.6 Å². The summed E-state index contributed by atoms with van der Waals surface area (Å²) in [5.74, 6) is -0.978. The van der Waals surface area contributed by atoms with Crippen molar-refractivity contribution in [3.05, 3.63) is 76.4 Å². The Hall–Kier alpha value is -2.61. The number of allylic oxidation sites excluding steroid dienone is 2. The Labute approximate surface area is 156 Å². The molecule has 0 radical (unpaired) electrons. The second-order valence-electron chi connectivity index (χ2n) is 6.47. The third-order valence-corrected chi connectivity index (χ3v) is 4.56. The van der Waals surface area contributed by atoms with E-state index < -0.39 is 40.9 Å². The number of benzene rings is 2. The molecule has 0 fully saturated rings. The molecule has 0 aromatic heterocycles. The SMILES string of the molecule is O=C(/C=C(/c1cccc(C(F)(F)F)c1)C(F)(F)F)c1ccc2c(c1)CCC2O. The fourth-order valence-corrected chi connectivity index (χ4v) is 3.15. The standard InChI is InChI=1S/C20H14F6O2/c21-19(22,23)14-3-1-2-12(9-14)16(20(24,25)26)10-18(28)13-4-6-15-11(8-13)5-7-17(15)27/h1-4,6,8-10,17,27H,5,7H2/b16-10-. The van der Waals surface area contributed by atoms with Gasteiger partial charge in [-0.2, -0.15) is 26.3 Å². The number of rotatable bonds is 3. The van der Waals surface area contributed by atoms with E-state index in [0.29, 0.717) is 42.2 Å². The van der Waals surface area contributed by atoms with Crippen LogP contribution >= 0.6 is 0 Å². The number of carbonyl (C=O) groups is 1.